The van der Waals surface area contributed by atoms with Crippen LogP contribution in [0.25, 0.3) is 0 Å². The summed E-state index contributed by atoms with van der Waals surface area (Å²) in [6, 6.07) is 0. The molecule has 1 fully saturated rings. The second-order valence-corrected chi connectivity index (χ2v) is 6.86. The molecular weight excluding hydrogens is 260 g/mol. The van der Waals surface area contributed by atoms with Crippen molar-refractivity contribution in [1.82, 2.24) is 10.6 Å². The average molecular weight is 299 g/mol. The van der Waals surface area contributed by atoms with E-state index in [-0.39, 0.29) is 6.23 Å². The van der Waals surface area contributed by atoms with Crippen molar-refractivity contribution in [3.05, 3.63) is 0 Å². The standard InChI is InChI=1S/C18H38N2O/c1-3-5-7-9-16(8-6-4-2)14-18(21)20-15-17-10-12-19-13-11-17/h16-21H,3-15H2,1-2H3. The lowest BCUT2D eigenvalue weighted by atomic mass is 9.91. The number of aliphatic hydroxyl groups excluding tert-OH is 1. The third kappa shape index (κ3) is 9.49. The molecule has 0 amide bonds. The Labute approximate surface area is 132 Å². The molecule has 21 heavy (non-hydrogen) atoms. The third-order valence-electron chi connectivity index (χ3n) is 4.84. The lowest BCUT2D eigenvalue weighted by Crippen LogP contribution is -2.38. The van der Waals surface area contributed by atoms with E-state index in [4.69, 9.17) is 0 Å². The minimum Gasteiger partial charge on any atom is -0.379 e. The van der Waals surface area contributed by atoms with Crippen LogP contribution in [0.2, 0.25) is 0 Å². The molecule has 1 aliphatic rings. The van der Waals surface area contributed by atoms with Crippen LogP contribution < -0.4 is 10.6 Å². The van der Waals surface area contributed by atoms with E-state index >= 15 is 0 Å². The van der Waals surface area contributed by atoms with Crippen molar-refractivity contribution in [2.45, 2.75) is 84.3 Å². The van der Waals surface area contributed by atoms with Gasteiger partial charge in [0, 0.05) is 6.54 Å². The van der Waals surface area contributed by atoms with Crippen molar-refractivity contribution >= 4 is 0 Å². The van der Waals surface area contributed by atoms with Gasteiger partial charge in [-0.3, -0.25) is 5.32 Å². The Hall–Kier alpha value is -0.120. The number of aliphatic hydroxyl groups is 1. The fourth-order valence-electron chi connectivity index (χ4n) is 3.34. The zero-order valence-electron chi connectivity index (χ0n) is 14.4. The molecule has 3 N–H and O–H groups in total. The normalized spacial score (nSPS) is 19.6. The summed E-state index contributed by atoms with van der Waals surface area (Å²) in [5.41, 5.74) is 0. The molecule has 2 atom stereocenters. The fourth-order valence-corrected chi connectivity index (χ4v) is 3.34. The highest BCUT2D eigenvalue weighted by atomic mass is 16.3. The summed E-state index contributed by atoms with van der Waals surface area (Å²) < 4.78 is 0. The maximum absolute atomic E-state index is 10.3. The first-order chi connectivity index (χ1) is 10.3. The van der Waals surface area contributed by atoms with E-state index in [1.54, 1.807) is 0 Å². The Balaban J connectivity index is 2.19. The van der Waals surface area contributed by atoms with Crippen LogP contribution in [0.5, 0.6) is 0 Å². The molecule has 2 unspecified atom stereocenters. The molecule has 1 rings (SSSR count). The van der Waals surface area contributed by atoms with Crippen molar-refractivity contribution in [3.63, 3.8) is 0 Å². The molecule has 1 saturated heterocycles. The Morgan fingerprint density at radius 3 is 2.38 bits per heavy atom. The quantitative estimate of drug-likeness (QED) is 0.380. The number of unbranched alkanes of at least 4 members (excludes halogenated alkanes) is 3. The van der Waals surface area contributed by atoms with E-state index in [9.17, 15) is 5.11 Å². The molecule has 126 valence electrons. The maximum Gasteiger partial charge on any atom is 0.105 e. The number of nitrogens with one attached hydrogen (secondary N) is 2. The summed E-state index contributed by atoms with van der Waals surface area (Å²) in [5, 5.41) is 17.1. The Morgan fingerprint density at radius 2 is 1.71 bits per heavy atom. The SMILES string of the molecule is CCCCCC(CCCC)CC(O)NCC1CCNCC1. The van der Waals surface area contributed by atoms with Crippen LogP contribution in [-0.2, 0) is 0 Å². The van der Waals surface area contributed by atoms with Crippen LogP contribution in [0, 0.1) is 11.8 Å². The summed E-state index contributed by atoms with van der Waals surface area (Å²) in [6.07, 6.45) is 12.2. The van der Waals surface area contributed by atoms with Crippen molar-refractivity contribution < 1.29 is 5.11 Å². The highest BCUT2D eigenvalue weighted by molar-refractivity contribution is 4.72. The molecule has 0 bridgehead atoms. The van der Waals surface area contributed by atoms with Crippen LogP contribution in [0.4, 0.5) is 0 Å². The molecule has 1 aliphatic heterocycles. The van der Waals surface area contributed by atoms with Crippen molar-refractivity contribution in [2.24, 2.45) is 11.8 Å². The predicted molar refractivity (Wildman–Crippen MR) is 91.4 cm³/mol. The molecule has 0 aromatic rings. The van der Waals surface area contributed by atoms with Gasteiger partial charge in [0.15, 0.2) is 0 Å². The maximum atomic E-state index is 10.3. The van der Waals surface area contributed by atoms with Crippen LogP contribution >= 0.6 is 0 Å². The van der Waals surface area contributed by atoms with E-state index in [0.717, 1.165) is 32.0 Å². The monoisotopic (exact) mass is 298 g/mol. The van der Waals surface area contributed by atoms with Gasteiger partial charge in [0.05, 0.1) is 0 Å². The Bertz CT molecular complexity index is 229. The molecule has 0 aromatic heterocycles. The zero-order chi connectivity index (χ0) is 15.3. The number of hydrogen-bond donors (Lipinski definition) is 3. The summed E-state index contributed by atoms with van der Waals surface area (Å²) in [6.45, 7) is 7.78. The molecule has 0 aliphatic carbocycles. The van der Waals surface area contributed by atoms with Crippen molar-refractivity contribution in [3.8, 4) is 0 Å². The van der Waals surface area contributed by atoms with Gasteiger partial charge in [-0.05, 0) is 44.2 Å². The molecule has 1 heterocycles. The van der Waals surface area contributed by atoms with Gasteiger partial charge in [-0.2, -0.15) is 0 Å². The number of hydrogen-bond acceptors (Lipinski definition) is 3. The first kappa shape index (κ1) is 18.9. The van der Waals surface area contributed by atoms with Gasteiger partial charge in [-0.15, -0.1) is 0 Å². The molecule has 0 saturated carbocycles. The van der Waals surface area contributed by atoms with E-state index < -0.39 is 0 Å². The van der Waals surface area contributed by atoms with Crippen molar-refractivity contribution in [2.75, 3.05) is 19.6 Å². The van der Waals surface area contributed by atoms with Gasteiger partial charge in [-0.1, -0.05) is 58.8 Å². The fraction of sp³-hybridized carbons (Fsp3) is 1.00. The van der Waals surface area contributed by atoms with Gasteiger partial charge in [-0.25, -0.2) is 0 Å². The van der Waals surface area contributed by atoms with E-state index in [0.29, 0.717) is 5.92 Å². The second-order valence-electron chi connectivity index (χ2n) is 6.86. The van der Waals surface area contributed by atoms with Gasteiger partial charge >= 0.3 is 0 Å². The highest BCUT2D eigenvalue weighted by Crippen LogP contribution is 2.21. The minimum absolute atomic E-state index is 0.302. The Morgan fingerprint density at radius 1 is 1.05 bits per heavy atom. The lowest BCUT2D eigenvalue weighted by molar-refractivity contribution is 0.0955. The second kappa shape index (κ2) is 12.4. The van der Waals surface area contributed by atoms with E-state index in [1.807, 2.05) is 0 Å². The summed E-state index contributed by atoms with van der Waals surface area (Å²) in [4.78, 5) is 0. The largest absolute Gasteiger partial charge is 0.379 e. The highest BCUT2D eigenvalue weighted by Gasteiger charge is 2.17. The van der Waals surface area contributed by atoms with Gasteiger partial charge in [0.2, 0.25) is 0 Å². The minimum atomic E-state index is -0.302. The van der Waals surface area contributed by atoms with Gasteiger partial charge in [0.25, 0.3) is 0 Å². The average Bonchev–Trinajstić information content (AvgIpc) is 2.51. The smallest absolute Gasteiger partial charge is 0.105 e. The summed E-state index contributed by atoms with van der Waals surface area (Å²) in [5.74, 6) is 1.45. The van der Waals surface area contributed by atoms with Crippen LogP contribution in [0.3, 0.4) is 0 Å². The van der Waals surface area contributed by atoms with E-state index in [1.165, 1.54) is 57.8 Å². The van der Waals surface area contributed by atoms with Crippen LogP contribution in [0.1, 0.15) is 78.1 Å². The predicted octanol–water partition coefficient (Wildman–Crippen LogP) is 3.67. The third-order valence-corrected chi connectivity index (χ3v) is 4.84. The van der Waals surface area contributed by atoms with E-state index in [2.05, 4.69) is 24.5 Å². The van der Waals surface area contributed by atoms with Crippen molar-refractivity contribution in [1.29, 1.82) is 0 Å². The zero-order valence-corrected chi connectivity index (χ0v) is 14.4. The topological polar surface area (TPSA) is 44.3 Å². The lowest BCUT2D eigenvalue weighted by Gasteiger charge is -2.26. The van der Waals surface area contributed by atoms with Crippen LogP contribution in [-0.4, -0.2) is 31.0 Å². The molecule has 0 spiro atoms. The van der Waals surface area contributed by atoms with Crippen LogP contribution in [0.15, 0.2) is 0 Å². The molecule has 0 radical (unpaired) electrons. The first-order valence-corrected chi connectivity index (χ1v) is 9.38. The van der Waals surface area contributed by atoms with Gasteiger partial charge in [0.1, 0.15) is 6.23 Å². The summed E-state index contributed by atoms with van der Waals surface area (Å²) in [7, 11) is 0. The molecular formula is C18H38N2O. The number of piperidine rings is 1. The summed E-state index contributed by atoms with van der Waals surface area (Å²) >= 11 is 0. The molecule has 3 nitrogen and oxygen atoms in total. The first-order valence-electron chi connectivity index (χ1n) is 9.38. The molecule has 0 aromatic carbocycles. The Kier molecular flexibility index (Phi) is 11.2. The van der Waals surface area contributed by atoms with Gasteiger partial charge < -0.3 is 10.4 Å². The molecule has 3 heteroatoms. The number of rotatable bonds is 12.